The van der Waals surface area contributed by atoms with Crippen LogP contribution in [-0.2, 0) is 10.0 Å². The fourth-order valence-corrected chi connectivity index (χ4v) is 12.7. The largest absolute Gasteiger partial charge is 0.489 e. The number of aliphatic hydroxyl groups is 1. The molecule has 3 aliphatic heterocycles. The molecule has 2 saturated heterocycles. The predicted octanol–water partition coefficient (Wildman–Crippen LogP) is 9.51. The van der Waals surface area contributed by atoms with Crippen molar-refractivity contribution in [2.45, 2.75) is 113 Å². The number of fused-ring (bicyclic) bond motifs is 2. The maximum absolute atomic E-state index is 14.2. The Morgan fingerprint density at radius 2 is 1.78 bits per heavy atom. The van der Waals surface area contributed by atoms with Crippen LogP contribution in [0, 0.1) is 21.4 Å². The summed E-state index contributed by atoms with van der Waals surface area (Å²) in [5, 5.41) is 26.8. The van der Waals surface area contributed by atoms with Crippen LogP contribution in [0.1, 0.15) is 112 Å². The lowest BCUT2D eigenvalue weighted by Crippen LogP contribution is -2.63. The highest BCUT2D eigenvalue weighted by Gasteiger charge is 2.49. The van der Waals surface area contributed by atoms with Crippen LogP contribution in [0.2, 0.25) is 5.15 Å². The number of sulfonamides is 1. The van der Waals surface area contributed by atoms with Crippen LogP contribution >= 0.6 is 11.6 Å². The molecule has 5 heterocycles. The van der Waals surface area contributed by atoms with E-state index in [0.717, 1.165) is 56.2 Å². The number of aromatic nitrogens is 2. The van der Waals surface area contributed by atoms with E-state index in [1.165, 1.54) is 42.5 Å². The number of nitrogens with one attached hydrogen (secondary N) is 3. The Hall–Kier alpha value is -5.42. The number of nitro benzene ring substituents is 1. The molecule has 4 N–H and O–H groups in total. The molecule has 5 aromatic rings. The second-order valence-electron chi connectivity index (χ2n) is 20.2. The van der Waals surface area contributed by atoms with Crippen molar-refractivity contribution in [3.8, 4) is 17.2 Å². The van der Waals surface area contributed by atoms with Gasteiger partial charge in [0.2, 0.25) is 0 Å². The maximum atomic E-state index is 14.2. The molecule has 3 aromatic carbocycles. The molecule has 0 unspecified atom stereocenters. The summed E-state index contributed by atoms with van der Waals surface area (Å²) < 4.78 is 42.5. The van der Waals surface area contributed by atoms with Gasteiger partial charge in [-0.3, -0.25) is 19.8 Å². The third kappa shape index (κ3) is 8.93. The zero-order valence-electron chi connectivity index (χ0n) is 38.1. The first-order chi connectivity index (χ1) is 32.1. The summed E-state index contributed by atoms with van der Waals surface area (Å²) in [6.07, 6.45) is 10.1. The number of rotatable bonds is 11. The first kappa shape index (κ1) is 45.4. The number of aromatic amines is 1. The normalized spacial score (nSPS) is 25.0. The van der Waals surface area contributed by atoms with Crippen LogP contribution in [0.5, 0.6) is 17.2 Å². The fourth-order valence-electron chi connectivity index (χ4n) is 11.5. The lowest BCUT2D eigenvalue weighted by Gasteiger charge is -2.57. The smallest absolute Gasteiger partial charge is 0.297 e. The first-order valence-electron chi connectivity index (χ1n) is 23.6. The molecular formula is C50H58ClN7O8S. The topological polar surface area (TPSA) is 192 Å². The molecule has 10 rings (SSSR count). The van der Waals surface area contributed by atoms with Gasteiger partial charge >= 0.3 is 0 Å². The van der Waals surface area contributed by atoms with E-state index in [1.807, 2.05) is 6.07 Å². The number of nitrogens with zero attached hydrogens (tertiary/aromatic N) is 4. The summed E-state index contributed by atoms with van der Waals surface area (Å²) >= 11 is 6.61. The van der Waals surface area contributed by atoms with Crippen molar-refractivity contribution in [3.05, 3.63) is 105 Å². The maximum Gasteiger partial charge on any atom is 0.297 e. The molecule has 1 spiro atoms. The predicted molar refractivity (Wildman–Crippen MR) is 257 cm³/mol. The van der Waals surface area contributed by atoms with Gasteiger partial charge in [-0.25, -0.2) is 18.1 Å². The number of anilines is 2. The number of hydrogen-bond donors (Lipinski definition) is 4. The average Bonchev–Trinajstić information content (AvgIpc) is 3.97. The fraction of sp³-hybridized carbons (Fsp3) is 0.480. The molecule has 2 aromatic heterocycles. The number of pyridine rings is 1. The van der Waals surface area contributed by atoms with Crippen molar-refractivity contribution in [2.24, 2.45) is 11.3 Å². The average molecular weight is 953 g/mol. The quantitative estimate of drug-likeness (QED) is 0.0558. The van der Waals surface area contributed by atoms with Gasteiger partial charge in [0.1, 0.15) is 18.0 Å². The highest BCUT2D eigenvalue weighted by atomic mass is 35.5. The number of benzene rings is 3. The van der Waals surface area contributed by atoms with E-state index in [0.29, 0.717) is 49.2 Å². The van der Waals surface area contributed by atoms with E-state index >= 15 is 0 Å². The Kier molecular flexibility index (Phi) is 11.9. The van der Waals surface area contributed by atoms with Crippen molar-refractivity contribution in [1.82, 2.24) is 19.6 Å². The van der Waals surface area contributed by atoms with Crippen molar-refractivity contribution in [3.63, 3.8) is 0 Å². The number of nitro groups is 1. The number of likely N-dealkylation sites (tertiary alicyclic amines) is 1. The van der Waals surface area contributed by atoms with Crippen LogP contribution in [0.4, 0.5) is 17.1 Å². The standard InChI is InChI=1S/C50H58ClN7O8S/c1-30(2)35-7-4-5-8-36(35)37-9-6-10-40(37)57-28-50(29-57)18-21-56(22-19-50)33-11-12-38(42(24-33)66-44-23-32-15-20-52-47(32)54-46(44)51)48(59)55-67(63,64)34-25-41(58(61)62)45-43(26-34)65-27-39(53-45)31-13-16-49(3,60)17-14-31/h4-5,7-8,11-12,15,20,23-26,30-31,37,39-40,53,60H,6,9-10,13-14,16-19,21-22,27-29H2,1-3H3,(H,52,54)(H,55,59)/t31?,37-,39-,40-,49?/m1/s1. The second kappa shape index (κ2) is 17.6. The zero-order chi connectivity index (χ0) is 46.8. The number of carbonyl (C=O) groups is 1. The Balaban J connectivity index is 0.866. The lowest BCUT2D eigenvalue weighted by atomic mass is 9.70. The summed E-state index contributed by atoms with van der Waals surface area (Å²) in [5.41, 5.74) is 3.31. The zero-order valence-corrected chi connectivity index (χ0v) is 39.7. The lowest BCUT2D eigenvalue weighted by molar-refractivity contribution is -0.384. The molecule has 17 heteroatoms. The number of halogens is 1. The Labute approximate surface area is 395 Å². The minimum absolute atomic E-state index is 0.00943. The molecule has 67 heavy (non-hydrogen) atoms. The Morgan fingerprint density at radius 3 is 2.52 bits per heavy atom. The number of amides is 1. The molecule has 2 saturated carbocycles. The van der Waals surface area contributed by atoms with Gasteiger partial charge in [-0.05, 0) is 117 Å². The molecule has 0 bridgehead atoms. The molecule has 5 aliphatic rings. The highest BCUT2D eigenvalue weighted by Crippen LogP contribution is 2.49. The van der Waals surface area contributed by atoms with Gasteiger partial charge in [-0.15, -0.1) is 0 Å². The van der Waals surface area contributed by atoms with Gasteiger partial charge < -0.3 is 29.8 Å². The molecule has 3 atom stereocenters. The summed E-state index contributed by atoms with van der Waals surface area (Å²) in [6, 6.07) is 20.0. The van der Waals surface area contributed by atoms with E-state index in [1.54, 1.807) is 31.3 Å². The first-order valence-corrected chi connectivity index (χ1v) is 25.5. The Morgan fingerprint density at radius 1 is 1.01 bits per heavy atom. The van der Waals surface area contributed by atoms with E-state index in [9.17, 15) is 28.4 Å². The van der Waals surface area contributed by atoms with Gasteiger partial charge in [-0.2, -0.15) is 0 Å². The minimum atomic E-state index is -4.69. The van der Waals surface area contributed by atoms with Gasteiger partial charge in [0.15, 0.2) is 22.3 Å². The van der Waals surface area contributed by atoms with E-state index < -0.39 is 37.0 Å². The van der Waals surface area contributed by atoms with Crippen molar-refractivity contribution in [1.29, 1.82) is 0 Å². The van der Waals surface area contributed by atoms with Crippen molar-refractivity contribution >= 4 is 55.6 Å². The number of ether oxygens (including phenoxy) is 2. The van der Waals surface area contributed by atoms with Crippen LogP contribution in [0.15, 0.2) is 77.8 Å². The number of H-pyrrole nitrogens is 1. The molecule has 2 aliphatic carbocycles. The summed E-state index contributed by atoms with van der Waals surface area (Å²) in [5.74, 6) is 0.368. The molecule has 0 radical (unpaired) electrons. The third-order valence-electron chi connectivity index (χ3n) is 15.3. The van der Waals surface area contributed by atoms with Crippen LogP contribution in [0.25, 0.3) is 11.0 Å². The van der Waals surface area contributed by atoms with Gasteiger partial charge in [-0.1, -0.05) is 56.1 Å². The third-order valence-corrected chi connectivity index (χ3v) is 16.9. The second-order valence-corrected chi connectivity index (χ2v) is 22.2. The van der Waals surface area contributed by atoms with Gasteiger partial charge in [0.05, 0.1) is 27.0 Å². The summed E-state index contributed by atoms with van der Waals surface area (Å²) in [6.45, 7) is 10.3. The number of hydrogen-bond acceptors (Lipinski definition) is 12. The molecule has 4 fully saturated rings. The van der Waals surface area contributed by atoms with E-state index in [-0.39, 0.29) is 57.6 Å². The number of carbonyl (C=O) groups excluding carboxylic acids is 1. The number of piperidine rings is 1. The molecule has 15 nitrogen and oxygen atoms in total. The monoisotopic (exact) mass is 951 g/mol. The SMILES string of the molecule is CC(C)c1ccccc1[C@H]1CCC[C@H]1N1CC2(CCN(c3ccc(C(=O)NS(=O)(=O)c4cc5c(c([N+](=O)[O-])c4)N[C@@H](C4CCC(C)(O)CC4)CO5)c(Oc4cc5cc[nH]c5nc4Cl)c3)CC2)C1. The van der Waals surface area contributed by atoms with Gasteiger partial charge in [0, 0.05) is 67.7 Å². The Bertz CT molecular complexity index is 2830. The van der Waals surface area contributed by atoms with Crippen molar-refractivity contribution in [2.75, 3.05) is 43.0 Å². The van der Waals surface area contributed by atoms with E-state index in [4.69, 9.17) is 21.1 Å². The summed E-state index contributed by atoms with van der Waals surface area (Å²) in [4.78, 5) is 37.8. The minimum Gasteiger partial charge on any atom is -0.489 e. The van der Waals surface area contributed by atoms with Crippen LogP contribution in [0.3, 0.4) is 0 Å². The van der Waals surface area contributed by atoms with Crippen LogP contribution < -0.4 is 24.4 Å². The van der Waals surface area contributed by atoms with Crippen LogP contribution in [-0.4, -0.2) is 89.7 Å². The highest BCUT2D eigenvalue weighted by molar-refractivity contribution is 7.90. The molecule has 354 valence electrons. The summed E-state index contributed by atoms with van der Waals surface area (Å²) in [7, 11) is -4.69. The van der Waals surface area contributed by atoms with Crippen molar-refractivity contribution < 1.29 is 32.7 Å². The van der Waals surface area contributed by atoms with Gasteiger partial charge in [0.25, 0.3) is 21.6 Å². The molecular weight excluding hydrogens is 894 g/mol. The molecule has 1 amide bonds. The van der Waals surface area contributed by atoms with E-state index in [2.05, 4.69) is 67.9 Å².